The van der Waals surface area contributed by atoms with Crippen molar-refractivity contribution in [1.29, 1.82) is 0 Å². The molecule has 0 saturated carbocycles. The molecular weight excluding hydrogens is 355 g/mol. The van der Waals surface area contributed by atoms with E-state index in [1.807, 2.05) is 32.0 Å². The number of benzene rings is 1. The summed E-state index contributed by atoms with van der Waals surface area (Å²) in [6.45, 7) is 5.26. The molecule has 142 valence electrons. The fourth-order valence-corrected chi connectivity index (χ4v) is 3.42. The SMILES string of the molecule is Cc1noc(C)c1C1=CN(Cc2ccccc2)CC(Nc2cncc(F)c2)=C1. The van der Waals surface area contributed by atoms with Crippen molar-refractivity contribution in [2.45, 2.75) is 20.4 Å². The number of hydrogen-bond acceptors (Lipinski definition) is 5. The second-order valence-corrected chi connectivity index (χ2v) is 6.86. The van der Waals surface area contributed by atoms with E-state index in [2.05, 4.69) is 44.8 Å². The zero-order valence-corrected chi connectivity index (χ0v) is 15.8. The molecule has 0 bridgehead atoms. The summed E-state index contributed by atoms with van der Waals surface area (Å²) in [5.74, 6) is 0.400. The van der Waals surface area contributed by atoms with Gasteiger partial charge in [0.1, 0.15) is 11.6 Å². The Bertz CT molecular complexity index is 1020. The molecule has 1 aliphatic heterocycles. The van der Waals surface area contributed by atoms with Crippen molar-refractivity contribution in [2.24, 2.45) is 0 Å². The number of aromatic nitrogens is 2. The van der Waals surface area contributed by atoms with Gasteiger partial charge in [-0.05, 0) is 25.5 Å². The molecule has 0 unspecified atom stereocenters. The molecule has 3 heterocycles. The van der Waals surface area contributed by atoms with Gasteiger partial charge < -0.3 is 14.7 Å². The molecule has 1 N–H and O–H groups in total. The predicted molar refractivity (Wildman–Crippen MR) is 107 cm³/mol. The zero-order chi connectivity index (χ0) is 19.5. The Hall–Kier alpha value is -3.41. The average Bonchev–Trinajstić information content (AvgIpc) is 3.01. The first-order valence-electron chi connectivity index (χ1n) is 9.09. The van der Waals surface area contributed by atoms with Crippen molar-refractivity contribution in [2.75, 3.05) is 11.9 Å². The molecule has 0 radical (unpaired) electrons. The molecule has 2 aromatic heterocycles. The summed E-state index contributed by atoms with van der Waals surface area (Å²) in [4.78, 5) is 6.13. The van der Waals surface area contributed by atoms with E-state index < -0.39 is 0 Å². The number of pyridine rings is 1. The quantitative estimate of drug-likeness (QED) is 0.701. The van der Waals surface area contributed by atoms with Gasteiger partial charge in [0, 0.05) is 35.6 Å². The van der Waals surface area contributed by atoms with Crippen molar-refractivity contribution in [3.05, 3.63) is 95.2 Å². The molecular formula is C22H21FN4O. The first-order chi connectivity index (χ1) is 13.6. The van der Waals surface area contributed by atoms with E-state index in [0.717, 1.165) is 34.8 Å². The number of halogens is 1. The first kappa shape index (κ1) is 18.0. The van der Waals surface area contributed by atoms with Gasteiger partial charge in [-0.15, -0.1) is 0 Å². The lowest BCUT2D eigenvalue weighted by Gasteiger charge is -2.28. The summed E-state index contributed by atoms with van der Waals surface area (Å²) in [5.41, 5.74) is 5.60. The fraction of sp³-hybridized carbons (Fsp3) is 0.182. The van der Waals surface area contributed by atoms with Crippen LogP contribution >= 0.6 is 0 Å². The fourth-order valence-electron chi connectivity index (χ4n) is 3.42. The summed E-state index contributed by atoms with van der Waals surface area (Å²) >= 11 is 0. The van der Waals surface area contributed by atoms with Crippen molar-refractivity contribution in [3.63, 3.8) is 0 Å². The average molecular weight is 376 g/mol. The molecule has 0 aliphatic carbocycles. The number of anilines is 1. The standard InChI is InChI=1S/C22H21FN4O/c1-15-22(16(2)28-26-15)18-8-21(25-20-9-19(23)10-24-11-20)14-27(13-18)12-17-6-4-3-5-7-17/h3-11,13,25H,12,14H2,1-2H3. The van der Waals surface area contributed by atoms with Crippen LogP contribution in [-0.4, -0.2) is 21.6 Å². The molecule has 0 spiro atoms. The summed E-state index contributed by atoms with van der Waals surface area (Å²) < 4.78 is 18.9. The summed E-state index contributed by atoms with van der Waals surface area (Å²) in [6, 6.07) is 11.7. The number of hydrogen-bond donors (Lipinski definition) is 1. The summed E-state index contributed by atoms with van der Waals surface area (Å²) in [5, 5.41) is 7.37. The van der Waals surface area contributed by atoms with Gasteiger partial charge in [0.05, 0.1) is 30.3 Å². The molecule has 0 amide bonds. The van der Waals surface area contributed by atoms with Gasteiger partial charge in [-0.3, -0.25) is 4.98 Å². The highest BCUT2D eigenvalue weighted by molar-refractivity contribution is 5.78. The largest absolute Gasteiger partial charge is 0.367 e. The van der Waals surface area contributed by atoms with Crippen LogP contribution in [0.15, 0.2) is 71.3 Å². The van der Waals surface area contributed by atoms with Gasteiger partial charge >= 0.3 is 0 Å². The Labute approximate surface area is 163 Å². The molecule has 4 rings (SSSR count). The van der Waals surface area contributed by atoms with Gasteiger partial charge in [-0.25, -0.2) is 4.39 Å². The second-order valence-electron chi connectivity index (χ2n) is 6.86. The third-order valence-electron chi connectivity index (χ3n) is 4.59. The third kappa shape index (κ3) is 3.96. The maximum atomic E-state index is 13.5. The molecule has 3 aromatic rings. The van der Waals surface area contributed by atoms with Crippen LogP contribution in [0.3, 0.4) is 0 Å². The minimum Gasteiger partial charge on any atom is -0.367 e. The Morgan fingerprint density at radius 1 is 1.18 bits per heavy atom. The Morgan fingerprint density at radius 3 is 2.71 bits per heavy atom. The van der Waals surface area contributed by atoms with Gasteiger partial charge in [0.25, 0.3) is 0 Å². The van der Waals surface area contributed by atoms with Gasteiger partial charge in [-0.2, -0.15) is 0 Å². The molecule has 6 heteroatoms. The van der Waals surface area contributed by atoms with Gasteiger partial charge in [0.15, 0.2) is 0 Å². The van der Waals surface area contributed by atoms with Gasteiger partial charge in [0.2, 0.25) is 0 Å². The van der Waals surface area contributed by atoms with Crippen LogP contribution in [0.1, 0.15) is 22.6 Å². The van der Waals surface area contributed by atoms with Crippen LogP contribution < -0.4 is 5.32 Å². The third-order valence-corrected chi connectivity index (χ3v) is 4.59. The maximum Gasteiger partial charge on any atom is 0.143 e. The van der Waals surface area contributed by atoms with E-state index in [1.54, 1.807) is 6.20 Å². The van der Waals surface area contributed by atoms with Crippen molar-refractivity contribution < 1.29 is 8.91 Å². The summed E-state index contributed by atoms with van der Waals surface area (Å²) in [7, 11) is 0. The summed E-state index contributed by atoms with van der Waals surface area (Å²) in [6.07, 6.45) is 6.98. The zero-order valence-electron chi connectivity index (χ0n) is 15.8. The number of aryl methyl sites for hydroxylation is 2. The second kappa shape index (κ2) is 7.68. The predicted octanol–water partition coefficient (Wildman–Crippen LogP) is 4.68. The van der Waals surface area contributed by atoms with Crippen LogP contribution in [0.2, 0.25) is 0 Å². The van der Waals surface area contributed by atoms with Gasteiger partial charge in [-0.1, -0.05) is 35.5 Å². The van der Waals surface area contributed by atoms with E-state index in [9.17, 15) is 4.39 Å². The first-order valence-corrected chi connectivity index (χ1v) is 9.09. The lowest BCUT2D eigenvalue weighted by molar-refractivity contribution is 0.392. The lowest BCUT2D eigenvalue weighted by Crippen LogP contribution is -2.26. The van der Waals surface area contributed by atoms with E-state index in [4.69, 9.17) is 4.52 Å². The van der Waals surface area contributed by atoms with Crippen LogP contribution in [0.25, 0.3) is 5.57 Å². The minimum atomic E-state index is -0.371. The van der Waals surface area contributed by atoms with E-state index in [0.29, 0.717) is 12.2 Å². The lowest BCUT2D eigenvalue weighted by atomic mass is 10.0. The number of nitrogens with one attached hydrogen (secondary N) is 1. The van der Waals surface area contributed by atoms with E-state index in [1.165, 1.54) is 17.8 Å². The maximum absolute atomic E-state index is 13.5. The van der Waals surface area contributed by atoms with Crippen molar-refractivity contribution in [1.82, 2.24) is 15.0 Å². The smallest absolute Gasteiger partial charge is 0.143 e. The Kier molecular flexibility index (Phi) is 4.93. The topological polar surface area (TPSA) is 54.2 Å². The van der Waals surface area contributed by atoms with Crippen LogP contribution in [0.5, 0.6) is 0 Å². The number of rotatable bonds is 5. The monoisotopic (exact) mass is 376 g/mol. The molecule has 28 heavy (non-hydrogen) atoms. The Morgan fingerprint density at radius 2 is 2.00 bits per heavy atom. The van der Waals surface area contributed by atoms with E-state index in [-0.39, 0.29) is 5.82 Å². The van der Waals surface area contributed by atoms with E-state index >= 15 is 0 Å². The van der Waals surface area contributed by atoms with Crippen LogP contribution in [-0.2, 0) is 6.54 Å². The Balaban J connectivity index is 1.66. The minimum absolute atomic E-state index is 0.371. The molecule has 1 aliphatic rings. The highest BCUT2D eigenvalue weighted by Crippen LogP contribution is 2.29. The number of nitrogens with zero attached hydrogens (tertiary/aromatic N) is 3. The molecule has 1 aromatic carbocycles. The molecule has 0 atom stereocenters. The molecule has 0 fully saturated rings. The highest BCUT2D eigenvalue weighted by Gasteiger charge is 2.19. The van der Waals surface area contributed by atoms with Crippen LogP contribution in [0.4, 0.5) is 10.1 Å². The molecule has 0 saturated heterocycles. The molecule has 5 nitrogen and oxygen atoms in total. The van der Waals surface area contributed by atoms with Crippen LogP contribution in [0, 0.1) is 19.7 Å². The van der Waals surface area contributed by atoms with Crippen molar-refractivity contribution >= 4 is 11.3 Å². The normalized spacial score (nSPS) is 13.9. The number of allylic oxidation sites excluding steroid dienone is 2. The van der Waals surface area contributed by atoms with Crippen molar-refractivity contribution in [3.8, 4) is 0 Å². The highest BCUT2D eigenvalue weighted by atomic mass is 19.1.